The number of aromatic nitrogens is 3. The molecule has 1 aliphatic rings. The molecule has 0 aliphatic heterocycles. The van der Waals surface area contributed by atoms with Crippen LogP contribution < -0.4 is 4.74 Å². The number of hydrogen-bond acceptors (Lipinski definition) is 4. The molecule has 0 saturated heterocycles. The van der Waals surface area contributed by atoms with Crippen molar-refractivity contribution >= 4 is 12.2 Å². The van der Waals surface area contributed by atoms with Crippen molar-refractivity contribution in [2.24, 2.45) is 0 Å². The summed E-state index contributed by atoms with van der Waals surface area (Å²) >= 11 is 5.81. The van der Waals surface area contributed by atoms with Crippen LogP contribution in [0.25, 0.3) is 0 Å². The molecule has 2 aromatic carbocycles. The summed E-state index contributed by atoms with van der Waals surface area (Å²) in [5, 5.41) is 4.90. The van der Waals surface area contributed by atoms with E-state index in [0.29, 0.717) is 19.2 Å². The molecular formula is C23H28N4OS. The van der Waals surface area contributed by atoms with Gasteiger partial charge in [0.25, 0.3) is 0 Å². The Labute approximate surface area is 177 Å². The molecule has 0 bridgehead atoms. The Hall–Kier alpha value is -2.44. The molecule has 152 valence electrons. The predicted molar refractivity (Wildman–Crippen MR) is 118 cm³/mol. The second-order valence-electron chi connectivity index (χ2n) is 7.72. The average molecular weight is 409 g/mol. The molecular weight excluding hydrogens is 380 g/mol. The van der Waals surface area contributed by atoms with Crippen LogP contribution >= 0.6 is 12.2 Å². The highest BCUT2D eigenvalue weighted by Gasteiger charge is 2.30. The van der Waals surface area contributed by atoms with Crippen LogP contribution in [0.5, 0.6) is 5.75 Å². The summed E-state index contributed by atoms with van der Waals surface area (Å²) in [6.45, 7) is 4.98. The number of hydrogen-bond donors (Lipinski definition) is 0. The summed E-state index contributed by atoms with van der Waals surface area (Å²) in [5.74, 6) is 2.60. The summed E-state index contributed by atoms with van der Waals surface area (Å²) in [6.07, 6.45) is 2.42. The molecule has 0 N–H and O–H groups in total. The quantitative estimate of drug-likeness (QED) is 0.475. The second-order valence-corrected chi connectivity index (χ2v) is 8.08. The fourth-order valence-electron chi connectivity index (χ4n) is 3.56. The van der Waals surface area contributed by atoms with E-state index in [-0.39, 0.29) is 0 Å². The molecule has 29 heavy (non-hydrogen) atoms. The summed E-state index contributed by atoms with van der Waals surface area (Å²) in [6, 6.07) is 18.8. The van der Waals surface area contributed by atoms with Gasteiger partial charge >= 0.3 is 0 Å². The Balaban J connectivity index is 1.48. The van der Waals surface area contributed by atoms with E-state index in [2.05, 4.69) is 52.9 Å². The number of nitrogens with zero attached hydrogens (tertiary/aromatic N) is 4. The van der Waals surface area contributed by atoms with E-state index in [0.717, 1.165) is 29.4 Å². The third-order valence-electron chi connectivity index (χ3n) is 5.14. The standard InChI is InChI=1S/C23H28N4OS/c1-3-28-21-13-9-19(10-14-21)15-25(2)17-27-23(29)26(22(24-27)20-11-12-20)16-18-7-5-4-6-8-18/h4-10,13-14,20H,3,11-12,15-17H2,1-2H3. The smallest absolute Gasteiger partial charge is 0.199 e. The lowest BCUT2D eigenvalue weighted by Gasteiger charge is -2.16. The van der Waals surface area contributed by atoms with E-state index in [1.807, 2.05) is 29.8 Å². The summed E-state index contributed by atoms with van der Waals surface area (Å²) in [7, 11) is 2.10. The van der Waals surface area contributed by atoms with Gasteiger partial charge in [0.15, 0.2) is 4.77 Å². The molecule has 1 heterocycles. The van der Waals surface area contributed by atoms with Gasteiger partial charge in [-0.3, -0.25) is 9.47 Å². The normalized spacial score (nSPS) is 13.8. The summed E-state index contributed by atoms with van der Waals surface area (Å²) < 4.78 is 10.5. The molecule has 0 spiro atoms. The molecule has 1 saturated carbocycles. The number of ether oxygens (including phenoxy) is 1. The van der Waals surface area contributed by atoms with E-state index in [4.69, 9.17) is 22.1 Å². The molecule has 0 amide bonds. The molecule has 1 fully saturated rings. The van der Waals surface area contributed by atoms with Crippen molar-refractivity contribution in [2.45, 2.75) is 45.4 Å². The third-order valence-corrected chi connectivity index (χ3v) is 5.57. The van der Waals surface area contributed by atoms with Crippen molar-refractivity contribution in [3.05, 3.63) is 76.3 Å². The Bertz CT molecular complexity index is 990. The van der Waals surface area contributed by atoms with Crippen molar-refractivity contribution in [2.75, 3.05) is 13.7 Å². The van der Waals surface area contributed by atoms with Gasteiger partial charge in [0, 0.05) is 12.5 Å². The monoisotopic (exact) mass is 408 g/mol. The Morgan fingerprint density at radius 2 is 1.79 bits per heavy atom. The van der Waals surface area contributed by atoms with Crippen LogP contribution in [0.1, 0.15) is 42.6 Å². The lowest BCUT2D eigenvalue weighted by Crippen LogP contribution is -2.22. The van der Waals surface area contributed by atoms with Gasteiger partial charge in [-0.15, -0.1) is 0 Å². The van der Waals surface area contributed by atoms with Gasteiger partial charge < -0.3 is 4.74 Å². The maximum absolute atomic E-state index is 5.81. The first kappa shape index (κ1) is 19.9. The highest BCUT2D eigenvalue weighted by Crippen LogP contribution is 2.39. The second kappa shape index (κ2) is 8.93. The zero-order valence-electron chi connectivity index (χ0n) is 17.1. The van der Waals surface area contributed by atoms with Gasteiger partial charge in [0.1, 0.15) is 11.6 Å². The average Bonchev–Trinajstić information content (AvgIpc) is 3.52. The summed E-state index contributed by atoms with van der Waals surface area (Å²) in [4.78, 5) is 2.24. The van der Waals surface area contributed by atoms with Crippen LogP contribution in [0.3, 0.4) is 0 Å². The number of benzene rings is 2. The van der Waals surface area contributed by atoms with Crippen molar-refractivity contribution in [1.82, 2.24) is 19.2 Å². The van der Waals surface area contributed by atoms with Gasteiger partial charge in [-0.05, 0) is 62.3 Å². The predicted octanol–water partition coefficient (Wildman–Crippen LogP) is 4.83. The maximum Gasteiger partial charge on any atom is 0.199 e. The molecule has 5 nitrogen and oxygen atoms in total. The van der Waals surface area contributed by atoms with Gasteiger partial charge in [-0.2, -0.15) is 5.10 Å². The molecule has 3 aromatic rings. The fraction of sp³-hybridized carbons (Fsp3) is 0.391. The maximum atomic E-state index is 5.81. The Kier molecular flexibility index (Phi) is 6.11. The van der Waals surface area contributed by atoms with Gasteiger partial charge in [0.05, 0.1) is 19.8 Å². The SMILES string of the molecule is CCOc1ccc(CN(C)Cn2nc(C3CC3)n(Cc3ccccc3)c2=S)cc1. The minimum absolute atomic E-state index is 0.554. The van der Waals surface area contributed by atoms with Crippen molar-refractivity contribution < 1.29 is 4.74 Å². The molecule has 1 aliphatic carbocycles. The van der Waals surface area contributed by atoms with Crippen LogP contribution in [0.4, 0.5) is 0 Å². The van der Waals surface area contributed by atoms with Crippen molar-refractivity contribution in [1.29, 1.82) is 0 Å². The molecule has 1 aromatic heterocycles. The molecule has 0 radical (unpaired) electrons. The van der Waals surface area contributed by atoms with Gasteiger partial charge in [-0.25, -0.2) is 4.68 Å². The third kappa shape index (κ3) is 4.95. The first-order chi connectivity index (χ1) is 14.1. The van der Waals surface area contributed by atoms with Gasteiger partial charge in [-0.1, -0.05) is 42.5 Å². The lowest BCUT2D eigenvalue weighted by molar-refractivity contribution is 0.243. The van der Waals surface area contributed by atoms with E-state index in [1.54, 1.807) is 0 Å². The first-order valence-electron chi connectivity index (χ1n) is 10.3. The van der Waals surface area contributed by atoms with Gasteiger partial charge in [0.2, 0.25) is 0 Å². The molecule has 6 heteroatoms. The highest BCUT2D eigenvalue weighted by molar-refractivity contribution is 7.71. The fourth-order valence-corrected chi connectivity index (χ4v) is 3.81. The van der Waals surface area contributed by atoms with Crippen LogP contribution in [0.15, 0.2) is 54.6 Å². The van der Waals surface area contributed by atoms with Crippen molar-refractivity contribution in [3.8, 4) is 5.75 Å². The molecule has 0 atom stereocenters. The van der Waals surface area contributed by atoms with Crippen molar-refractivity contribution in [3.63, 3.8) is 0 Å². The van der Waals surface area contributed by atoms with E-state index in [1.165, 1.54) is 24.0 Å². The molecule has 0 unspecified atom stereocenters. The van der Waals surface area contributed by atoms with Crippen LogP contribution in [-0.2, 0) is 19.8 Å². The molecule has 4 rings (SSSR count). The van der Waals surface area contributed by atoms with E-state index in [9.17, 15) is 0 Å². The minimum Gasteiger partial charge on any atom is -0.494 e. The minimum atomic E-state index is 0.554. The lowest BCUT2D eigenvalue weighted by atomic mass is 10.2. The van der Waals surface area contributed by atoms with Crippen LogP contribution in [0, 0.1) is 4.77 Å². The number of rotatable bonds is 9. The Morgan fingerprint density at radius 1 is 1.07 bits per heavy atom. The zero-order valence-corrected chi connectivity index (χ0v) is 17.9. The van der Waals surface area contributed by atoms with E-state index < -0.39 is 0 Å². The largest absolute Gasteiger partial charge is 0.494 e. The zero-order chi connectivity index (χ0) is 20.2. The summed E-state index contributed by atoms with van der Waals surface area (Å²) in [5.41, 5.74) is 2.50. The van der Waals surface area contributed by atoms with Crippen LogP contribution in [0.2, 0.25) is 0 Å². The Morgan fingerprint density at radius 3 is 2.45 bits per heavy atom. The first-order valence-corrected chi connectivity index (χ1v) is 10.7. The van der Waals surface area contributed by atoms with E-state index >= 15 is 0 Å². The topological polar surface area (TPSA) is 35.2 Å². The van der Waals surface area contributed by atoms with Crippen LogP contribution in [-0.4, -0.2) is 32.9 Å². The highest BCUT2D eigenvalue weighted by atomic mass is 32.1.